The van der Waals surface area contributed by atoms with Gasteiger partial charge in [0, 0.05) is 17.3 Å². The number of nitrogens with zero attached hydrogens (tertiary/aromatic N) is 1. The first-order valence-electron chi connectivity index (χ1n) is 9.34. The number of carbonyl (C=O) groups is 1. The molecule has 5 heteroatoms. The third kappa shape index (κ3) is 5.08. The number of ether oxygens (including phenoxy) is 3. The van der Waals surface area contributed by atoms with E-state index in [2.05, 4.69) is 0 Å². The average Bonchev–Trinajstić information content (AvgIpc) is 2.78. The molecule has 0 saturated carbocycles. The minimum absolute atomic E-state index is 0.0255. The number of methoxy groups -OCH3 is 3. The van der Waals surface area contributed by atoms with Crippen LogP contribution in [0.2, 0.25) is 0 Å². The summed E-state index contributed by atoms with van der Waals surface area (Å²) in [4.78, 5) is 15.1. The van der Waals surface area contributed by atoms with Gasteiger partial charge in [0.25, 0.3) is 0 Å². The van der Waals surface area contributed by atoms with Gasteiger partial charge in [0.05, 0.1) is 34.3 Å². The molecule has 0 aliphatic rings. The number of hydrogen-bond donors (Lipinski definition) is 0. The van der Waals surface area contributed by atoms with Crippen molar-refractivity contribution in [1.82, 2.24) is 0 Å². The predicted octanol–water partition coefficient (Wildman–Crippen LogP) is 4.49. The van der Waals surface area contributed by atoms with E-state index in [4.69, 9.17) is 14.2 Å². The molecule has 0 radical (unpaired) electrons. The van der Waals surface area contributed by atoms with E-state index in [-0.39, 0.29) is 12.3 Å². The minimum atomic E-state index is -0.0255. The van der Waals surface area contributed by atoms with Crippen LogP contribution in [0.1, 0.15) is 11.1 Å². The molecule has 150 valence electrons. The second-order valence-corrected chi connectivity index (χ2v) is 6.52. The van der Waals surface area contributed by atoms with Crippen molar-refractivity contribution in [3.05, 3.63) is 83.9 Å². The summed E-state index contributed by atoms with van der Waals surface area (Å²) < 4.78 is 15.9. The molecule has 0 aliphatic carbocycles. The zero-order valence-electron chi connectivity index (χ0n) is 16.9. The van der Waals surface area contributed by atoms with Gasteiger partial charge in [-0.05, 0) is 35.9 Å². The molecule has 0 spiro atoms. The Kier molecular flexibility index (Phi) is 6.74. The highest BCUT2D eigenvalue weighted by Gasteiger charge is 2.19. The van der Waals surface area contributed by atoms with Crippen molar-refractivity contribution in [2.24, 2.45) is 0 Å². The molecule has 0 unspecified atom stereocenters. The Morgan fingerprint density at radius 1 is 0.793 bits per heavy atom. The van der Waals surface area contributed by atoms with Crippen LogP contribution in [0.25, 0.3) is 0 Å². The van der Waals surface area contributed by atoms with Crippen LogP contribution >= 0.6 is 0 Å². The SMILES string of the molecule is COc1ccc(N(Cc2ccccc2)C(=O)Cc2ccc(OC)cc2OC)cc1. The summed E-state index contributed by atoms with van der Waals surface area (Å²) >= 11 is 0. The molecule has 0 aliphatic heterocycles. The summed E-state index contributed by atoms with van der Waals surface area (Å²) in [5.41, 5.74) is 2.68. The molecule has 3 aromatic rings. The van der Waals surface area contributed by atoms with Gasteiger partial charge in [0.15, 0.2) is 0 Å². The summed E-state index contributed by atoms with van der Waals surface area (Å²) in [7, 11) is 4.82. The fourth-order valence-corrected chi connectivity index (χ4v) is 3.11. The molecule has 0 aromatic heterocycles. The maximum atomic E-state index is 13.3. The van der Waals surface area contributed by atoms with Crippen LogP contribution in [-0.4, -0.2) is 27.2 Å². The maximum Gasteiger partial charge on any atom is 0.231 e. The lowest BCUT2D eigenvalue weighted by molar-refractivity contribution is -0.118. The topological polar surface area (TPSA) is 48.0 Å². The van der Waals surface area contributed by atoms with Gasteiger partial charge in [-0.2, -0.15) is 0 Å². The molecule has 3 aromatic carbocycles. The van der Waals surface area contributed by atoms with E-state index in [0.717, 1.165) is 22.6 Å². The highest BCUT2D eigenvalue weighted by atomic mass is 16.5. The van der Waals surface area contributed by atoms with Gasteiger partial charge in [0.1, 0.15) is 17.2 Å². The lowest BCUT2D eigenvalue weighted by Gasteiger charge is -2.24. The van der Waals surface area contributed by atoms with Crippen molar-refractivity contribution in [2.45, 2.75) is 13.0 Å². The first kappa shape index (κ1) is 20.3. The molecular formula is C24H25NO4. The quantitative estimate of drug-likeness (QED) is 0.568. The van der Waals surface area contributed by atoms with Gasteiger partial charge in [0.2, 0.25) is 5.91 Å². The average molecular weight is 391 g/mol. The predicted molar refractivity (Wildman–Crippen MR) is 114 cm³/mol. The lowest BCUT2D eigenvalue weighted by Crippen LogP contribution is -2.31. The fraction of sp³-hybridized carbons (Fsp3) is 0.208. The molecule has 0 atom stereocenters. The van der Waals surface area contributed by atoms with Gasteiger partial charge in [-0.15, -0.1) is 0 Å². The summed E-state index contributed by atoms with van der Waals surface area (Å²) in [6.07, 6.45) is 0.214. The van der Waals surface area contributed by atoms with Crippen molar-refractivity contribution >= 4 is 11.6 Å². The third-order valence-electron chi connectivity index (χ3n) is 4.70. The molecule has 29 heavy (non-hydrogen) atoms. The van der Waals surface area contributed by atoms with Gasteiger partial charge >= 0.3 is 0 Å². The van der Waals surface area contributed by atoms with Crippen LogP contribution in [0.4, 0.5) is 5.69 Å². The molecule has 5 nitrogen and oxygen atoms in total. The van der Waals surface area contributed by atoms with Crippen LogP contribution in [0.15, 0.2) is 72.8 Å². The van der Waals surface area contributed by atoms with Crippen molar-refractivity contribution in [3.8, 4) is 17.2 Å². The summed E-state index contributed by atoms with van der Waals surface area (Å²) in [6, 6.07) is 22.9. The van der Waals surface area contributed by atoms with Crippen molar-refractivity contribution in [1.29, 1.82) is 0 Å². The van der Waals surface area contributed by atoms with Gasteiger partial charge in [-0.25, -0.2) is 0 Å². The van der Waals surface area contributed by atoms with E-state index in [1.807, 2.05) is 66.7 Å². The third-order valence-corrected chi connectivity index (χ3v) is 4.70. The van der Waals surface area contributed by atoms with E-state index >= 15 is 0 Å². The highest BCUT2D eigenvalue weighted by molar-refractivity contribution is 5.95. The Morgan fingerprint density at radius 2 is 1.45 bits per heavy atom. The first-order chi connectivity index (χ1) is 14.1. The second-order valence-electron chi connectivity index (χ2n) is 6.52. The number of hydrogen-bond acceptors (Lipinski definition) is 4. The zero-order valence-corrected chi connectivity index (χ0v) is 16.9. The molecule has 0 saturated heterocycles. The Bertz CT molecular complexity index is 939. The summed E-state index contributed by atoms with van der Waals surface area (Å²) in [6.45, 7) is 0.477. The van der Waals surface area contributed by atoms with E-state index in [1.54, 1.807) is 32.3 Å². The Labute approximate surface area is 171 Å². The van der Waals surface area contributed by atoms with Crippen LogP contribution in [0.5, 0.6) is 17.2 Å². The van der Waals surface area contributed by atoms with Crippen molar-refractivity contribution in [2.75, 3.05) is 26.2 Å². The number of rotatable bonds is 8. The standard InChI is InChI=1S/C24H25NO4/c1-27-21-13-10-20(11-14-21)25(17-18-7-5-4-6-8-18)24(26)15-19-9-12-22(28-2)16-23(19)29-3/h4-14,16H,15,17H2,1-3H3. The highest BCUT2D eigenvalue weighted by Crippen LogP contribution is 2.27. The summed E-state index contributed by atoms with van der Waals surface area (Å²) in [5, 5.41) is 0. The Balaban J connectivity index is 1.89. The van der Waals surface area contributed by atoms with E-state index < -0.39 is 0 Å². The van der Waals surface area contributed by atoms with Gasteiger partial charge in [-0.3, -0.25) is 4.79 Å². The van der Waals surface area contributed by atoms with Gasteiger partial charge < -0.3 is 19.1 Å². The number of benzene rings is 3. The minimum Gasteiger partial charge on any atom is -0.497 e. The van der Waals surface area contributed by atoms with E-state index in [9.17, 15) is 4.79 Å². The van der Waals surface area contributed by atoms with Crippen molar-refractivity contribution < 1.29 is 19.0 Å². The van der Waals surface area contributed by atoms with Gasteiger partial charge in [-0.1, -0.05) is 36.4 Å². The molecule has 0 fully saturated rings. The summed E-state index contributed by atoms with van der Waals surface area (Å²) in [5.74, 6) is 2.04. The molecular weight excluding hydrogens is 366 g/mol. The fourth-order valence-electron chi connectivity index (χ4n) is 3.11. The second kappa shape index (κ2) is 9.64. The molecule has 1 amide bonds. The molecule has 0 N–H and O–H groups in total. The molecule has 0 bridgehead atoms. The largest absolute Gasteiger partial charge is 0.497 e. The van der Waals surface area contributed by atoms with E-state index in [1.165, 1.54) is 0 Å². The van der Waals surface area contributed by atoms with Crippen LogP contribution in [0.3, 0.4) is 0 Å². The smallest absolute Gasteiger partial charge is 0.231 e. The number of anilines is 1. The number of carbonyl (C=O) groups excluding carboxylic acids is 1. The number of amides is 1. The van der Waals surface area contributed by atoms with Crippen LogP contribution in [0, 0.1) is 0 Å². The first-order valence-corrected chi connectivity index (χ1v) is 9.34. The Hall–Kier alpha value is -3.47. The van der Waals surface area contributed by atoms with Crippen molar-refractivity contribution in [3.63, 3.8) is 0 Å². The lowest BCUT2D eigenvalue weighted by atomic mass is 10.1. The van der Waals surface area contributed by atoms with Crippen LogP contribution < -0.4 is 19.1 Å². The normalized spacial score (nSPS) is 10.3. The van der Waals surface area contributed by atoms with Crippen LogP contribution in [-0.2, 0) is 17.8 Å². The van der Waals surface area contributed by atoms with E-state index in [0.29, 0.717) is 18.0 Å². The molecule has 0 heterocycles. The monoisotopic (exact) mass is 391 g/mol. The Morgan fingerprint density at radius 3 is 2.07 bits per heavy atom. The maximum absolute atomic E-state index is 13.3. The zero-order chi connectivity index (χ0) is 20.6. The molecule has 3 rings (SSSR count).